The van der Waals surface area contributed by atoms with Gasteiger partial charge in [0.25, 0.3) is 5.91 Å². The number of hydrogen-bond donors (Lipinski definition) is 0. The summed E-state index contributed by atoms with van der Waals surface area (Å²) in [5, 5.41) is 0.445. The molecular weight excluding hydrogens is 456 g/mol. The second-order valence-electron chi connectivity index (χ2n) is 9.30. The Bertz CT molecular complexity index is 1460. The minimum absolute atomic E-state index is 0.0778. The third-order valence-electron chi connectivity index (χ3n) is 6.43. The van der Waals surface area contributed by atoms with Crippen LogP contribution in [-0.4, -0.2) is 29.5 Å². The summed E-state index contributed by atoms with van der Waals surface area (Å²) in [6.07, 6.45) is 4.29. The number of benzene rings is 2. The Morgan fingerprint density at radius 3 is 2.56 bits per heavy atom. The van der Waals surface area contributed by atoms with E-state index in [1.807, 2.05) is 30.3 Å². The number of hydrogen-bond acceptors (Lipinski definition) is 6. The summed E-state index contributed by atoms with van der Waals surface area (Å²) in [5.41, 5.74) is 2.16. The fourth-order valence-electron chi connectivity index (χ4n) is 4.54. The molecule has 0 N–H and O–H groups in total. The van der Waals surface area contributed by atoms with Gasteiger partial charge >= 0.3 is 0 Å². The van der Waals surface area contributed by atoms with Gasteiger partial charge in [-0.25, -0.2) is 0 Å². The van der Waals surface area contributed by atoms with E-state index in [-0.39, 0.29) is 17.1 Å². The van der Waals surface area contributed by atoms with Crippen molar-refractivity contribution >= 4 is 16.9 Å². The number of pyridine rings is 1. The lowest BCUT2D eigenvalue weighted by molar-refractivity contribution is 0.0714. The number of methoxy groups -OCH3 is 1. The summed E-state index contributed by atoms with van der Waals surface area (Å²) < 4.78 is 17.6. The monoisotopic (exact) mass is 484 g/mol. The minimum Gasteiger partial charge on any atom is -0.493 e. The number of carbonyl (C=O) groups is 1. The maximum atomic E-state index is 13.7. The molecular formula is C29H28N2O5. The highest BCUT2D eigenvalue weighted by Crippen LogP contribution is 2.41. The first-order chi connectivity index (χ1) is 17.5. The fourth-order valence-corrected chi connectivity index (χ4v) is 4.54. The molecule has 1 atom stereocenters. The molecule has 1 aliphatic rings. The van der Waals surface area contributed by atoms with Gasteiger partial charge in [0.15, 0.2) is 16.9 Å². The second-order valence-corrected chi connectivity index (χ2v) is 9.30. The predicted molar refractivity (Wildman–Crippen MR) is 136 cm³/mol. The van der Waals surface area contributed by atoms with Crippen LogP contribution >= 0.6 is 0 Å². The maximum Gasteiger partial charge on any atom is 0.291 e. The van der Waals surface area contributed by atoms with Gasteiger partial charge in [0, 0.05) is 18.9 Å². The van der Waals surface area contributed by atoms with Crippen molar-refractivity contribution in [1.82, 2.24) is 9.88 Å². The van der Waals surface area contributed by atoms with Gasteiger partial charge in [-0.3, -0.25) is 14.6 Å². The summed E-state index contributed by atoms with van der Waals surface area (Å²) in [7, 11) is 1.58. The van der Waals surface area contributed by atoms with E-state index in [0.29, 0.717) is 47.1 Å². The van der Waals surface area contributed by atoms with Crippen molar-refractivity contribution in [1.29, 1.82) is 0 Å². The van der Waals surface area contributed by atoms with E-state index < -0.39 is 6.04 Å². The van der Waals surface area contributed by atoms with Crippen LogP contribution in [0.2, 0.25) is 0 Å². The Hall–Kier alpha value is -4.13. The number of rotatable bonds is 8. The van der Waals surface area contributed by atoms with Crippen LogP contribution in [0.5, 0.6) is 11.5 Å². The molecule has 7 heteroatoms. The van der Waals surface area contributed by atoms with Crippen molar-refractivity contribution in [2.45, 2.75) is 32.9 Å². The van der Waals surface area contributed by atoms with Crippen LogP contribution in [0.15, 0.2) is 76.2 Å². The van der Waals surface area contributed by atoms with E-state index in [0.717, 1.165) is 17.5 Å². The summed E-state index contributed by atoms with van der Waals surface area (Å²) in [4.78, 5) is 33.0. The minimum atomic E-state index is -0.639. The molecule has 4 aromatic rings. The van der Waals surface area contributed by atoms with Gasteiger partial charge in [-0.15, -0.1) is 0 Å². The van der Waals surface area contributed by atoms with Gasteiger partial charge < -0.3 is 18.8 Å². The standard InChI is InChI=1S/C29H28N2O5/c1-18(2)12-15-35-23-9-8-20(16-24(23)34-3)26-25-27(32)21-6-4-5-7-22(21)36-28(25)29(33)31(26)17-19-10-13-30-14-11-19/h4-11,13-14,16,18,26H,12,15,17H2,1-3H3. The molecule has 184 valence electrons. The van der Waals surface area contributed by atoms with E-state index in [2.05, 4.69) is 18.8 Å². The maximum absolute atomic E-state index is 13.7. The first-order valence-corrected chi connectivity index (χ1v) is 12.0. The summed E-state index contributed by atoms with van der Waals surface area (Å²) in [5.74, 6) is 1.44. The average molecular weight is 485 g/mol. The molecule has 0 fully saturated rings. The second kappa shape index (κ2) is 9.85. The number of para-hydroxylation sites is 1. The number of ether oxygens (including phenoxy) is 2. The molecule has 5 rings (SSSR count). The Kier molecular flexibility index (Phi) is 6.46. The number of amides is 1. The molecule has 0 spiro atoms. The Morgan fingerprint density at radius 1 is 1.03 bits per heavy atom. The van der Waals surface area contributed by atoms with Crippen LogP contribution in [0.25, 0.3) is 11.0 Å². The smallest absolute Gasteiger partial charge is 0.291 e. The first-order valence-electron chi connectivity index (χ1n) is 12.0. The zero-order valence-electron chi connectivity index (χ0n) is 20.6. The van der Waals surface area contributed by atoms with Crippen LogP contribution < -0.4 is 14.9 Å². The summed E-state index contributed by atoms with van der Waals surface area (Å²) >= 11 is 0. The van der Waals surface area contributed by atoms with Crippen LogP contribution in [0.1, 0.15) is 53.6 Å². The van der Waals surface area contributed by atoms with Gasteiger partial charge in [0.1, 0.15) is 5.58 Å². The molecule has 36 heavy (non-hydrogen) atoms. The van der Waals surface area contributed by atoms with Crippen molar-refractivity contribution < 1.29 is 18.7 Å². The fraction of sp³-hybridized carbons (Fsp3) is 0.276. The van der Waals surface area contributed by atoms with Crippen LogP contribution in [0.4, 0.5) is 0 Å². The SMILES string of the molecule is COc1cc(C2c3c(oc4ccccc4c3=O)C(=O)N2Cc2ccncc2)ccc1OCCC(C)C. The van der Waals surface area contributed by atoms with Gasteiger partial charge in [0.05, 0.1) is 30.7 Å². The molecule has 0 saturated carbocycles. The van der Waals surface area contributed by atoms with E-state index in [1.165, 1.54) is 0 Å². The highest BCUT2D eigenvalue weighted by atomic mass is 16.5. The lowest BCUT2D eigenvalue weighted by Gasteiger charge is -2.26. The Labute approximate surface area is 209 Å². The lowest BCUT2D eigenvalue weighted by Crippen LogP contribution is -2.29. The Balaban J connectivity index is 1.62. The van der Waals surface area contributed by atoms with Crippen molar-refractivity contribution in [3.05, 3.63) is 99.7 Å². The molecule has 7 nitrogen and oxygen atoms in total. The van der Waals surface area contributed by atoms with Crippen molar-refractivity contribution in [3.63, 3.8) is 0 Å². The van der Waals surface area contributed by atoms with Crippen molar-refractivity contribution in [2.24, 2.45) is 5.92 Å². The zero-order chi connectivity index (χ0) is 25.2. The molecule has 0 aliphatic carbocycles. The first kappa shape index (κ1) is 23.6. The number of carbonyl (C=O) groups excluding carboxylic acids is 1. The number of aromatic nitrogens is 1. The third-order valence-corrected chi connectivity index (χ3v) is 6.43. The Morgan fingerprint density at radius 2 is 1.81 bits per heavy atom. The highest BCUT2D eigenvalue weighted by Gasteiger charge is 2.43. The predicted octanol–water partition coefficient (Wildman–Crippen LogP) is 5.37. The van der Waals surface area contributed by atoms with E-state index in [9.17, 15) is 9.59 Å². The van der Waals surface area contributed by atoms with Crippen LogP contribution in [-0.2, 0) is 6.54 Å². The van der Waals surface area contributed by atoms with Crippen LogP contribution in [0, 0.1) is 5.92 Å². The normalized spacial score (nSPS) is 14.9. The largest absolute Gasteiger partial charge is 0.493 e. The molecule has 2 aromatic heterocycles. The van der Waals surface area contributed by atoms with Crippen LogP contribution in [0.3, 0.4) is 0 Å². The zero-order valence-corrected chi connectivity index (χ0v) is 20.6. The third kappa shape index (κ3) is 4.33. The van der Waals surface area contributed by atoms with Crippen molar-refractivity contribution in [3.8, 4) is 11.5 Å². The summed E-state index contributed by atoms with van der Waals surface area (Å²) in [6, 6.07) is 15.6. The number of nitrogens with zero attached hydrogens (tertiary/aromatic N) is 2. The molecule has 1 amide bonds. The van der Waals surface area contributed by atoms with E-state index in [4.69, 9.17) is 13.9 Å². The van der Waals surface area contributed by atoms with Gasteiger partial charge in [-0.05, 0) is 59.9 Å². The molecule has 1 aliphatic heterocycles. The topological polar surface area (TPSA) is 81.9 Å². The van der Waals surface area contributed by atoms with Gasteiger partial charge in [-0.2, -0.15) is 0 Å². The molecule has 0 radical (unpaired) electrons. The molecule has 1 unspecified atom stereocenters. The van der Waals surface area contributed by atoms with Gasteiger partial charge in [0.2, 0.25) is 5.76 Å². The highest BCUT2D eigenvalue weighted by molar-refractivity contribution is 5.99. The molecule has 0 saturated heterocycles. The van der Waals surface area contributed by atoms with E-state index in [1.54, 1.807) is 48.7 Å². The number of fused-ring (bicyclic) bond motifs is 2. The molecule has 2 aromatic carbocycles. The quantitative estimate of drug-likeness (QED) is 0.335. The average Bonchev–Trinajstić information content (AvgIpc) is 3.16. The molecule has 0 bridgehead atoms. The summed E-state index contributed by atoms with van der Waals surface area (Å²) in [6.45, 7) is 5.15. The molecule has 3 heterocycles. The van der Waals surface area contributed by atoms with E-state index >= 15 is 0 Å². The van der Waals surface area contributed by atoms with Crippen molar-refractivity contribution in [2.75, 3.05) is 13.7 Å². The lowest BCUT2D eigenvalue weighted by atomic mass is 9.98. The van der Waals surface area contributed by atoms with Gasteiger partial charge in [-0.1, -0.05) is 32.0 Å².